The van der Waals surface area contributed by atoms with Gasteiger partial charge in [-0.05, 0) is 92.5 Å². The van der Waals surface area contributed by atoms with E-state index in [2.05, 4.69) is 44.2 Å². The predicted molar refractivity (Wildman–Crippen MR) is 160 cm³/mol. The lowest BCUT2D eigenvalue weighted by Gasteiger charge is -2.28. The Kier molecular flexibility index (Phi) is 13.6. The van der Waals surface area contributed by atoms with Gasteiger partial charge >= 0.3 is 5.97 Å². The molecule has 0 saturated heterocycles. The van der Waals surface area contributed by atoms with Gasteiger partial charge in [-0.2, -0.15) is 0 Å². The Morgan fingerprint density at radius 2 is 1.56 bits per heavy atom. The molecule has 1 aliphatic carbocycles. The normalized spacial score (nSPS) is 18.9. The number of carbonyl (C=O) groups excluding carboxylic acids is 1. The van der Waals surface area contributed by atoms with E-state index in [1.807, 2.05) is 19.1 Å². The van der Waals surface area contributed by atoms with Crippen LogP contribution in [-0.2, 0) is 16.0 Å². The van der Waals surface area contributed by atoms with Crippen molar-refractivity contribution in [2.75, 3.05) is 0 Å². The first-order valence-corrected chi connectivity index (χ1v) is 15.7. The highest BCUT2D eigenvalue weighted by Gasteiger charge is 2.27. The third-order valence-electron chi connectivity index (χ3n) is 7.99. The van der Waals surface area contributed by atoms with Crippen molar-refractivity contribution in [3.8, 4) is 16.9 Å². The molecule has 3 nitrogen and oxygen atoms in total. The largest absolute Gasteiger partial charge is 0.489 e. The smallest absolute Gasteiger partial charge is 0.340 e. The highest BCUT2D eigenvalue weighted by Crippen LogP contribution is 2.33. The highest BCUT2D eigenvalue weighted by molar-refractivity contribution is 6.32. The van der Waals surface area contributed by atoms with Crippen molar-refractivity contribution in [3.63, 3.8) is 0 Å². The van der Waals surface area contributed by atoms with Gasteiger partial charge in [-0.1, -0.05) is 94.8 Å². The number of hydrogen-bond donors (Lipinski definition) is 0. The molecule has 0 bridgehead atoms. The molecule has 2 aromatic rings. The van der Waals surface area contributed by atoms with E-state index in [-0.39, 0.29) is 18.6 Å². The molecule has 5 heteroatoms. The molecule has 0 amide bonds. The second-order valence-corrected chi connectivity index (χ2v) is 11.6. The number of ether oxygens (including phenoxy) is 2. The molecule has 39 heavy (non-hydrogen) atoms. The van der Waals surface area contributed by atoms with Crippen molar-refractivity contribution in [1.29, 1.82) is 0 Å². The van der Waals surface area contributed by atoms with Gasteiger partial charge in [0.2, 0.25) is 0 Å². The summed E-state index contributed by atoms with van der Waals surface area (Å²) in [5.74, 6) is 0.737. The Morgan fingerprint density at radius 3 is 2.21 bits per heavy atom. The lowest BCUT2D eigenvalue weighted by molar-refractivity contribution is -0.157. The van der Waals surface area contributed by atoms with E-state index in [9.17, 15) is 9.18 Å². The van der Waals surface area contributed by atoms with Crippen molar-refractivity contribution < 1.29 is 18.7 Å². The summed E-state index contributed by atoms with van der Waals surface area (Å²) in [5.41, 5.74) is 3.57. The molecule has 2 atom stereocenters. The van der Waals surface area contributed by atoms with E-state index in [4.69, 9.17) is 21.1 Å². The summed E-state index contributed by atoms with van der Waals surface area (Å²) < 4.78 is 25.6. The monoisotopic (exact) mass is 558 g/mol. The SMILES string of the molecule is CCCCC(CCC)Oc1ccc(-c2ccc(CCC3CCC(OC(=O)[C@@H](F)CCCC)CC3)cc2)cc1Cl. The second-order valence-electron chi connectivity index (χ2n) is 11.2. The fourth-order valence-corrected chi connectivity index (χ4v) is 5.71. The minimum absolute atomic E-state index is 0.120. The van der Waals surface area contributed by atoms with Crippen molar-refractivity contribution in [3.05, 3.63) is 53.1 Å². The van der Waals surface area contributed by atoms with Crippen LogP contribution in [0.1, 0.15) is 110 Å². The Labute approximate surface area is 240 Å². The van der Waals surface area contributed by atoms with Gasteiger partial charge in [0.1, 0.15) is 11.9 Å². The maximum absolute atomic E-state index is 13.9. The third-order valence-corrected chi connectivity index (χ3v) is 8.28. The van der Waals surface area contributed by atoms with Gasteiger partial charge in [-0.15, -0.1) is 0 Å². The summed E-state index contributed by atoms with van der Waals surface area (Å²) in [6.45, 7) is 6.40. The van der Waals surface area contributed by atoms with Crippen LogP contribution in [0.4, 0.5) is 4.39 Å². The summed E-state index contributed by atoms with van der Waals surface area (Å²) in [5, 5.41) is 0.665. The average molecular weight is 559 g/mol. The number of rotatable bonds is 16. The van der Waals surface area contributed by atoms with Gasteiger partial charge in [-0.25, -0.2) is 9.18 Å². The molecule has 1 unspecified atom stereocenters. The maximum atomic E-state index is 13.9. The van der Waals surface area contributed by atoms with Crippen LogP contribution in [0.5, 0.6) is 5.75 Å². The lowest BCUT2D eigenvalue weighted by Crippen LogP contribution is -2.29. The standard InChI is InChI=1S/C34H48ClFO3/c1-4-7-10-29(9-6-3)38-33-23-20-28(24-31(33)35)27-18-14-25(15-19-27)12-13-26-16-21-30(22-17-26)39-34(37)32(36)11-8-5-2/h14-15,18-20,23-24,26,29-30,32H,4-13,16-17,21-22H2,1-3H3/t26?,29?,30?,32-/m0/s1. The Balaban J connectivity index is 1.45. The topological polar surface area (TPSA) is 35.5 Å². The maximum Gasteiger partial charge on any atom is 0.340 e. The molecular formula is C34H48ClFO3. The highest BCUT2D eigenvalue weighted by atomic mass is 35.5. The minimum atomic E-state index is -1.47. The Bertz CT molecular complexity index is 984. The number of esters is 1. The number of alkyl halides is 1. The molecule has 3 rings (SSSR count). The molecular weight excluding hydrogens is 511 g/mol. The van der Waals surface area contributed by atoms with Crippen LogP contribution in [0.15, 0.2) is 42.5 Å². The lowest BCUT2D eigenvalue weighted by atomic mass is 9.83. The van der Waals surface area contributed by atoms with Crippen LogP contribution < -0.4 is 4.74 Å². The number of aryl methyl sites for hydroxylation is 1. The zero-order chi connectivity index (χ0) is 28.0. The van der Waals surface area contributed by atoms with Gasteiger partial charge in [0.25, 0.3) is 0 Å². The summed E-state index contributed by atoms with van der Waals surface area (Å²) in [4.78, 5) is 12.0. The zero-order valence-corrected chi connectivity index (χ0v) is 25.0. The molecule has 0 N–H and O–H groups in total. The van der Waals surface area contributed by atoms with E-state index < -0.39 is 12.1 Å². The molecule has 216 valence electrons. The van der Waals surface area contributed by atoms with Crippen LogP contribution in [0.3, 0.4) is 0 Å². The van der Waals surface area contributed by atoms with Gasteiger partial charge < -0.3 is 9.47 Å². The molecule has 1 fully saturated rings. The van der Waals surface area contributed by atoms with Crippen LogP contribution in [0, 0.1) is 5.92 Å². The third kappa shape index (κ3) is 10.4. The Hall–Kier alpha value is -2.07. The van der Waals surface area contributed by atoms with Crippen molar-refractivity contribution >= 4 is 17.6 Å². The van der Waals surface area contributed by atoms with E-state index in [1.54, 1.807) is 0 Å². The Morgan fingerprint density at radius 1 is 0.897 bits per heavy atom. The van der Waals surface area contributed by atoms with E-state index in [1.165, 1.54) is 18.4 Å². The number of unbranched alkanes of at least 4 members (excludes halogenated alkanes) is 2. The van der Waals surface area contributed by atoms with Gasteiger partial charge in [0, 0.05) is 0 Å². The average Bonchev–Trinajstić information content (AvgIpc) is 2.95. The summed E-state index contributed by atoms with van der Waals surface area (Å²) in [6.07, 6.45) is 12.0. The molecule has 1 saturated carbocycles. The van der Waals surface area contributed by atoms with Gasteiger partial charge in [0.05, 0.1) is 11.1 Å². The number of benzene rings is 2. The zero-order valence-electron chi connectivity index (χ0n) is 24.2. The van der Waals surface area contributed by atoms with E-state index in [0.29, 0.717) is 10.9 Å². The fraction of sp³-hybridized carbons (Fsp3) is 0.618. The van der Waals surface area contributed by atoms with Crippen molar-refractivity contribution in [2.24, 2.45) is 5.92 Å². The van der Waals surface area contributed by atoms with Crippen LogP contribution in [0.25, 0.3) is 11.1 Å². The van der Waals surface area contributed by atoms with E-state index >= 15 is 0 Å². The first-order valence-electron chi connectivity index (χ1n) is 15.3. The number of hydrogen-bond acceptors (Lipinski definition) is 3. The van der Waals surface area contributed by atoms with Crippen LogP contribution >= 0.6 is 11.6 Å². The fourth-order valence-electron chi connectivity index (χ4n) is 5.48. The molecule has 0 radical (unpaired) electrons. The quantitative estimate of drug-likeness (QED) is 0.192. The first kappa shape index (κ1) is 31.5. The van der Waals surface area contributed by atoms with Crippen LogP contribution in [0.2, 0.25) is 5.02 Å². The minimum Gasteiger partial charge on any atom is -0.489 e. The van der Waals surface area contributed by atoms with Crippen molar-refractivity contribution in [2.45, 2.75) is 129 Å². The summed E-state index contributed by atoms with van der Waals surface area (Å²) in [7, 11) is 0. The summed E-state index contributed by atoms with van der Waals surface area (Å²) >= 11 is 6.63. The predicted octanol–water partition coefficient (Wildman–Crippen LogP) is 10.3. The molecule has 2 aromatic carbocycles. The van der Waals surface area contributed by atoms with Gasteiger partial charge in [-0.3, -0.25) is 0 Å². The molecule has 0 aromatic heterocycles. The first-order chi connectivity index (χ1) is 18.9. The molecule has 0 heterocycles. The molecule has 0 spiro atoms. The van der Waals surface area contributed by atoms with E-state index in [0.717, 1.165) is 87.5 Å². The van der Waals surface area contributed by atoms with Crippen LogP contribution in [-0.4, -0.2) is 24.3 Å². The van der Waals surface area contributed by atoms with Crippen molar-refractivity contribution in [1.82, 2.24) is 0 Å². The molecule has 0 aliphatic heterocycles. The second kappa shape index (κ2) is 16.9. The number of carbonyl (C=O) groups is 1. The summed E-state index contributed by atoms with van der Waals surface area (Å²) in [6, 6.07) is 14.9. The number of halogens is 2. The van der Waals surface area contributed by atoms with Gasteiger partial charge in [0.15, 0.2) is 6.17 Å². The molecule has 1 aliphatic rings.